The van der Waals surface area contributed by atoms with Crippen molar-refractivity contribution >= 4 is 13.8 Å². The first-order chi connectivity index (χ1) is 18.2. The quantitative estimate of drug-likeness (QED) is 0.0743. The van der Waals surface area contributed by atoms with Crippen molar-refractivity contribution in [2.45, 2.75) is 135 Å². The predicted molar refractivity (Wildman–Crippen MR) is 150 cm³/mol. The molecular weight excluding hydrogens is 509 g/mol. The number of hydrogen-bond donors (Lipinski definition) is 1. The van der Waals surface area contributed by atoms with E-state index < -0.39 is 19.9 Å². The fraction of sp³-hybridized carbons (Fsp3) is 0.964. The molecule has 0 amide bonds. The van der Waals surface area contributed by atoms with Gasteiger partial charge in [0.1, 0.15) is 6.10 Å². The highest BCUT2D eigenvalue weighted by Crippen LogP contribution is 2.43. The van der Waals surface area contributed by atoms with Crippen molar-refractivity contribution in [2.24, 2.45) is 0 Å². The van der Waals surface area contributed by atoms with E-state index in [1.165, 1.54) is 84.0 Å². The molecule has 9 nitrogen and oxygen atoms in total. The van der Waals surface area contributed by atoms with E-state index in [1.807, 2.05) is 14.0 Å². The van der Waals surface area contributed by atoms with Gasteiger partial charge in [0.2, 0.25) is 0 Å². The number of carbonyl (C=O) groups excluding carboxylic acids is 1. The molecule has 0 bridgehead atoms. The van der Waals surface area contributed by atoms with Crippen LogP contribution >= 0.6 is 7.82 Å². The van der Waals surface area contributed by atoms with E-state index in [4.69, 9.17) is 23.3 Å². The van der Waals surface area contributed by atoms with Crippen LogP contribution < -0.4 is 0 Å². The lowest BCUT2D eigenvalue weighted by molar-refractivity contribution is -0.151. The van der Waals surface area contributed by atoms with Crippen molar-refractivity contribution in [3.05, 3.63) is 0 Å². The lowest BCUT2D eigenvalue weighted by Gasteiger charge is -2.20. The summed E-state index contributed by atoms with van der Waals surface area (Å²) in [6, 6.07) is 0.211. The zero-order valence-corrected chi connectivity index (χ0v) is 25.5. The predicted octanol–water partition coefficient (Wildman–Crippen LogP) is 6.62. The Morgan fingerprint density at radius 3 is 1.97 bits per heavy atom. The number of phosphoric acid groups is 1. The fourth-order valence-electron chi connectivity index (χ4n) is 4.54. The summed E-state index contributed by atoms with van der Waals surface area (Å²) in [5, 5.41) is 0. The molecule has 1 aliphatic heterocycles. The molecule has 38 heavy (non-hydrogen) atoms. The minimum atomic E-state index is -4.27. The first-order valence-corrected chi connectivity index (χ1v) is 16.4. The van der Waals surface area contributed by atoms with Crippen molar-refractivity contribution in [3.8, 4) is 0 Å². The van der Waals surface area contributed by atoms with E-state index in [2.05, 4.69) is 11.8 Å². The maximum atomic E-state index is 12.2. The molecule has 0 saturated carbocycles. The van der Waals surface area contributed by atoms with Crippen LogP contribution in [0.15, 0.2) is 0 Å². The first kappa shape index (κ1) is 35.5. The van der Waals surface area contributed by atoms with Crippen LogP contribution in [0.25, 0.3) is 0 Å². The smallest absolute Gasteiger partial charge is 0.458 e. The van der Waals surface area contributed by atoms with Crippen molar-refractivity contribution in [2.75, 3.05) is 40.2 Å². The van der Waals surface area contributed by atoms with Crippen molar-refractivity contribution in [1.29, 1.82) is 0 Å². The second kappa shape index (κ2) is 22.2. The van der Waals surface area contributed by atoms with Crippen LogP contribution in [0, 0.1) is 0 Å². The molecule has 1 rings (SSSR count). The molecule has 10 heteroatoms. The number of nitrogens with zero attached hydrogens (tertiary/aromatic N) is 1. The third-order valence-electron chi connectivity index (χ3n) is 7.08. The van der Waals surface area contributed by atoms with Gasteiger partial charge in [-0.15, -0.1) is 0 Å². The maximum absolute atomic E-state index is 12.2. The minimum absolute atomic E-state index is 0.0322. The van der Waals surface area contributed by atoms with E-state index in [0.29, 0.717) is 19.8 Å². The first-order valence-electron chi connectivity index (χ1n) is 14.9. The van der Waals surface area contributed by atoms with E-state index in [9.17, 15) is 14.3 Å². The van der Waals surface area contributed by atoms with Crippen LogP contribution in [-0.4, -0.2) is 74.2 Å². The summed E-state index contributed by atoms with van der Waals surface area (Å²) in [4.78, 5) is 23.5. The van der Waals surface area contributed by atoms with Crippen molar-refractivity contribution < 1.29 is 37.5 Å². The third kappa shape index (κ3) is 18.7. The molecule has 0 spiro atoms. The largest absolute Gasteiger partial charge is 0.472 e. The molecule has 0 aromatic carbocycles. The summed E-state index contributed by atoms with van der Waals surface area (Å²) in [5.41, 5.74) is 0. The SMILES string of the molecule is CCCCCCCCCCCCCCCCOCC(COP(=O)(O)OCCC1OCN(C)C1C)OC(C)=O. The van der Waals surface area contributed by atoms with Gasteiger partial charge in [-0.05, 0) is 26.8 Å². The Kier molecular flexibility index (Phi) is 20.7. The van der Waals surface area contributed by atoms with Gasteiger partial charge in [0.25, 0.3) is 0 Å². The van der Waals surface area contributed by atoms with E-state index in [0.717, 1.165) is 12.8 Å². The third-order valence-corrected chi connectivity index (χ3v) is 8.07. The van der Waals surface area contributed by atoms with Gasteiger partial charge >= 0.3 is 13.8 Å². The van der Waals surface area contributed by atoms with E-state index in [1.54, 1.807) is 0 Å². The Labute approximate surface area is 231 Å². The van der Waals surface area contributed by atoms with Crippen molar-refractivity contribution in [3.63, 3.8) is 0 Å². The molecule has 1 N–H and O–H groups in total. The number of unbranched alkanes of at least 4 members (excludes halogenated alkanes) is 13. The van der Waals surface area contributed by atoms with E-state index >= 15 is 0 Å². The van der Waals surface area contributed by atoms with E-state index in [-0.39, 0.29) is 32.0 Å². The van der Waals surface area contributed by atoms with Gasteiger partial charge < -0.3 is 19.1 Å². The second-order valence-corrected chi connectivity index (χ2v) is 12.1. The number of esters is 1. The Hall–Kier alpha value is -0.540. The fourth-order valence-corrected chi connectivity index (χ4v) is 5.31. The molecule has 1 saturated heterocycles. The summed E-state index contributed by atoms with van der Waals surface area (Å²) in [6.45, 7) is 6.54. The number of carbonyl (C=O) groups is 1. The molecule has 0 aromatic rings. The Morgan fingerprint density at radius 2 is 1.47 bits per heavy atom. The molecule has 0 radical (unpaired) electrons. The van der Waals surface area contributed by atoms with Crippen molar-refractivity contribution in [1.82, 2.24) is 4.90 Å². The summed E-state index contributed by atoms with van der Waals surface area (Å²) in [7, 11) is -2.31. The van der Waals surface area contributed by atoms with Crippen LogP contribution in [-0.2, 0) is 32.6 Å². The summed E-state index contributed by atoms with van der Waals surface area (Å²) in [5.74, 6) is -0.496. The number of rotatable bonds is 25. The number of hydrogen-bond acceptors (Lipinski definition) is 8. The summed E-state index contributed by atoms with van der Waals surface area (Å²) in [6.07, 6.45) is 17.8. The minimum Gasteiger partial charge on any atom is -0.458 e. The molecule has 226 valence electrons. The Balaban J connectivity index is 2.05. The normalized spacial score (nSPS) is 20.4. The van der Waals surface area contributed by atoms with Gasteiger partial charge in [-0.3, -0.25) is 18.7 Å². The van der Waals surface area contributed by atoms with Crippen LogP contribution in [0.1, 0.15) is 117 Å². The van der Waals surface area contributed by atoms with Crippen LogP contribution in [0.2, 0.25) is 0 Å². The molecule has 1 aliphatic rings. The van der Waals surface area contributed by atoms with Gasteiger partial charge in [-0.1, -0.05) is 90.4 Å². The highest BCUT2D eigenvalue weighted by atomic mass is 31.2. The van der Waals surface area contributed by atoms with Gasteiger partial charge in [-0.25, -0.2) is 4.57 Å². The summed E-state index contributed by atoms with van der Waals surface area (Å²) < 4.78 is 38.8. The molecule has 4 unspecified atom stereocenters. The molecule has 4 atom stereocenters. The lowest BCUT2D eigenvalue weighted by Crippen LogP contribution is -2.30. The molecule has 1 fully saturated rings. The zero-order valence-electron chi connectivity index (χ0n) is 24.6. The maximum Gasteiger partial charge on any atom is 0.472 e. The lowest BCUT2D eigenvalue weighted by atomic mass is 10.0. The molecular formula is C28H56NO8P. The van der Waals surface area contributed by atoms with Gasteiger partial charge in [0.15, 0.2) is 0 Å². The Morgan fingerprint density at radius 1 is 0.921 bits per heavy atom. The Bertz CT molecular complexity index is 638. The highest BCUT2D eigenvalue weighted by Gasteiger charge is 2.30. The monoisotopic (exact) mass is 565 g/mol. The average Bonchev–Trinajstić information content (AvgIpc) is 3.19. The molecule has 1 heterocycles. The topological polar surface area (TPSA) is 104 Å². The molecule has 0 aliphatic carbocycles. The van der Waals surface area contributed by atoms with Gasteiger partial charge in [0.05, 0.1) is 32.7 Å². The average molecular weight is 566 g/mol. The number of likely N-dealkylation sites (N-methyl/N-ethyl adjacent to an activating group) is 1. The highest BCUT2D eigenvalue weighted by molar-refractivity contribution is 7.47. The molecule has 0 aromatic heterocycles. The summed E-state index contributed by atoms with van der Waals surface area (Å²) >= 11 is 0. The van der Waals surface area contributed by atoms with Gasteiger partial charge in [0, 0.05) is 19.6 Å². The van der Waals surface area contributed by atoms with Crippen LogP contribution in [0.4, 0.5) is 0 Å². The van der Waals surface area contributed by atoms with Crippen LogP contribution in [0.5, 0.6) is 0 Å². The number of ether oxygens (including phenoxy) is 3. The zero-order chi connectivity index (χ0) is 28.1. The second-order valence-electron chi connectivity index (χ2n) is 10.6. The van der Waals surface area contributed by atoms with Crippen LogP contribution in [0.3, 0.4) is 0 Å². The van der Waals surface area contributed by atoms with Gasteiger partial charge in [-0.2, -0.15) is 0 Å². The standard InChI is InChI=1S/C28H56NO8P/c1-5-6-7-8-9-10-11-12-13-14-15-16-17-18-20-33-22-27(37-26(3)30)23-36-38(31,32)35-21-19-28-25(2)29(4)24-34-28/h25,27-28H,5-24H2,1-4H3,(H,31,32). The number of phosphoric ester groups is 1.